The van der Waals surface area contributed by atoms with Crippen LogP contribution in [0.4, 0.5) is 15.8 Å². The van der Waals surface area contributed by atoms with E-state index in [1.54, 1.807) is 24.3 Å². The summed E-state index contributed by atoms with van der Waals surface area (Å²) >= 11 is 12.3. The summed E-state index contributed by atoms with van der Waals surface area (Å²) in [5.74, 6) is -1.59. The number of halogens is 3. The van der Waals surface area contributed by atoms with Crippen molar-refractivity contribution in [1.29, 1.82) is 0 Å². The standard InChI is InChI=1S/C26H17Cl2FN2O4S/c27-17-8-13-24(22(15-17)25(32)21-6-1-2-7-23(21)28)30-26(33)16-4-3-5-19(14-16)31-36(34,35)20-11-9-18(29)10-12-20/h1-15,31H,(H,30,33). The highest BCUT2D eigenvalue weighted by atomic mass is 35.5. The molecule has 0 unspecified atom stereocenters. The molecule has 36 heavy (non-hydrogen) atoms. The van der Waals surface area contributed by atoms with Crippen LogP contribution < -0.4 is 10.0 Å². The largest absolute Gasteiger partial charge is 0.321 e. The normalized spacial score (nSPS) is 11.1. The first kappa shape index (κ1) is 25.4. The van der Waals surface area contributed by atoms with Gasteiger partial charge in [0.1, 0.15) is 5.82 Å². The van der Waals surface area contributed by atoms with E-state index in [-0.39, 0.29) is 38.0 Å². The summed E-state index contributed by atoms with van der Waals surface area (Å²) in [6.07, 6.45) is 0. The van der Waals surface area contributed by atoms with Gasteiger partial charge in [-0.1, -0.05) is 41.4 Å². The van der Waals surface area contributed by atoms with Gasteiger partial charge in [-0.05, 0) is 72.8 Å². The smallest absolute Gasteiger partial charge is 0.261 e. The number of carbonyl (C=O) groups excluding carboxylic acids is 2. The van der Waals surface area contributed by atoms with E-state index in [0.29, 0.717) is 5.02 Å². The number of amides is 1. The Morgan fingerprint density at radius 3 is 2.22 bits per heavy atom. The molecule has 0 heterocycles. The molecule has 0 fully saturated rings. The van der Waals surface area contributed by atoms with Crippen molar-refractivity contribution in [2.75, 3.05) is 10.0 Å². The molecule has 4 aromatic rings. The number of anilines is 2. The molecule has 0 saturated heterocycles. The maximum Gasteiger partial charge on any atom is 0.261 e. The molecule has 6 nitrogen and oxygen atoms in total. The summed E-state index contributed by atoms with van der Waals surface area (Å²) < 4.78 is 40.7. The minimum atomic E-state index is -4.01. The molecule has 0 aromatic heterocycles. The molecule has 182 valence electrons. The third-order valence-electron chi connectivity index (χ3n) is 5.09. The first-order valence-corrected chi connectivity index (χ1v) is 12.7. The molecule has 4 aromatic carbocycles. The topological polar surface area (TPSA) is 92.3 Å². The summed E-state index contributed by atoms with van der Waals surface area (Å²) in [7, 11) is -4.01. The van der Waals surface area contributed by atoms with Gasteiger partial charge >= 0.3 is 0 Å². The van der Waals surface area contributed by atoms with E-state index in [4.69, 9.17) is 23.2 Å². The van der Waals surface area contributed by atoms with E-state index in [1.807, 2.05) is 0 Å². The molecule has 4 rings (SSSR count). The zero-order chi connectivity index (χ0) is 25.9. The van der Waals surface area contributed by atoms with Crippen LogP contribution in [0.3, 0.4) is 0 Å². The van der Waals surface area contributed by atoms with Gasteiger partial charge in [-0.25, -0.2) is 12.8 Å². The minimum absolute atomic E-state index is 0.121. The summed E-state index contributed by atoms with van der Waals surface area (Å²) in [5, 5.41) is 3.21. The molecule has 0 aliphatic carbocycles. The van der Waals surface area contributed by atoms with Crippen LogP contribution in [0.2, 0.25) is 10.0 Å². The molecule has 2 N–H and O–H groups in total. The summed E-state index contributed by atoms with van der Waals surface area (Å²) in [4.78, 5) is 26.0. The highest BCUT2D eigenvalue weighted by Crippen LogP contribution is 2.27. The van der Waals surface area contributed by atoms with Gasteiger partial charge in [0.15, 0.2) is 5.78 Å². The van der Waals surface area contributed by atoms with Crippen LogP contribution in [0, 0.1) is 5.82 Å². The average Bonchev–Trinajstić information content (AvgIpc) is 2.85. The van der Waals surface area contributed by atoms with Gasteiger partial charge in [-0.15, -0.1) is 0 Å². The van der Waals surface area contributed by atoms with Crippen molar-refractivity contribution >= 4 is 56.3 Å². The highest BCUT2D eigenvalue weighted by molar-refractivity contribution is 7.92. The van der Waals surface area contributed by atoms with Gasteiger partial charge < -0.3 is 5.32 Å². The molecule has 0 spiro atoms. The van der Waals surface area contributed by atoms with Crippen molar-refractivity contribution < 1.29 is 22.4 Å². The van der Waals surface area contributed by atoms with Crippen molar-refractivity contribution in [3.05, 3.63) is 124 Å². The maximum atomic E-state index is 13.1. The maximum absolute atomic E-state index is 13.1. The second-order valence-corrected chi connectivity index (χ2v) is 10.1. The van der Waals surface area contributed by atoms with E-state index < -0.39 is 27.5 Å². The van der Waals surface area contributed by atoms with Gasteiger partial charge in [0, 0.05) is 27.4 Å². The second kappa shape index (κ2) is 10.5. The summed E-state index contributed by atoms with van der Waals surface area (Å²) in [6.45, 7) is 0. The molecule has 10 heteroatoms. The Kier molecular flexibility index (Phi) is 7.40. The van der Waals surface area contributed by atoms with Gasteiger partial charge in [-0.2, -0.15) is 0 Å². The first-order chi connectivity index (χ1) is 17.1. The predicted molar refractivity (Wildman–Crippen MR) is 138 cm³/mol. The predicted octanol–water partition coefficient (Wildman–Crippen LogP) is 6.42. The fourth-order valence-corrected chi connectivity index (χ4v) is 4.79. The monoisotopic (exact) mass is 542 g/mol. The number of ketones is 1. The van der Waals surface area contributed by atoms with E-state index in [2.05, 4.69) is 10.0 Å². The third-order valence-corrected chi connectivity index (χ3v) is 7.06. The Hall–Kier alpha value is -3.72. The van der Waals surface area contributed by atoms with E-state index in [1.165, 1.54) is 42.5 Å². The molecule has 0 aliphatic heterocycles. The number of benzene rings is 4. The molecule has 1 amide bonds. The van der Waals surface area contributed by atoms with Crippen LogP contribution in [0.25, 0.3) is 0 Å². The SMILES string of the molecule is O=C(Nc1ccc(Cl)cc1C(=O)c1ccccc1Cl)c1cccc(NS(=O)(=O)c2ccc(F)cc2)c1. The zero-order valence-electron chi connectivity index (χ0n) is 18.3. The molecular formula is C26H17Cl2FN2O4S. The van der Waals surface area contributed by atoms with Gasteiger partial charge in [0.25, 0.3) is 15.9 Å². The van der Waals surface area contributed by atoms with E-state index in [0.717, 1.165) is 24.3 Å². The Labute approximate surface area is 216 Å². The van der Waals surface area contributed by atoms with Crippen LogP contribution in [0.15, 0.2) is 95.9 Å². The molecule has 0 radical (unpaired) electrons. The lowest BCUT2D eigenvalue weighted by Crippen LogP contribution is -2.17. The van der Waals surface area contributed by atoms with Crippen molar-refractivity contribution in [2.24, 2.45) is 0 Å². The van der Waals surface area contributed by atoms with E-state index >= 15 is 0 Å². The Morgan fingerprint density at radius 2 is 1.50 bits per heavy atom. The first-order valence-electron chi connectivity index (χ1n) is 10.4. The van der Waals surface area contributed by atoms with Crippen LogP contribution in [-0.2, 0) is 10.0 Å². The average molecular weight is 543 g/mol. The van der Waals surface area contributed by atoms with Crippen LogP contribution in [0.5, 0.6) is 0 Å². The lowest BCUT2D eigenvalue weighted by atomic mass is 10.0. The molecule has 0 bridgehead atoms. The number of nitrogens with one attached hydrogen (secondary N) is 2. The quantitative estimate of drug-likeness (QED) is 0.263. The van der Waals surface area contributed by atoms with Crippen molar-refractivity contribution in [3.8, 4) is 0 Å². The molecule has 0 saturated carbocycles. The zero-order valence-corrected chi connectivity index (χ0v) is 20.7. The second-order valence-electron chi connectivity index (χ2n) is 7.59. The van der Waals surface area contributed by atoms with Crippen molar-refractivity contribution in [2.45, 2.75) is 4.90 Å². The Morgan fingerprint density at radius 1 is 0.778 bits per heavy atom. The van der Waals surface area contributed by atoms with Crippen molar-refractivity contribution in [3.63, 3.8) is 0 Å². The van der Waals surface area contributed by atoms with Crippen LogP contribution >= 0.6 is 23.2 Å². The number of hydrogen-bond acceptors (Lipinski definition) is 4. The van der Waals surface area contributed by atoms with E-state index in [9.17, 15) is 22.4 Å². The third kappa shape index (κ3) is 5.73. The van der Waals surface area contributed by atoms with Crippen LogP contribution in [-0.4, -0.2) is 20.1 Å². The van der Waals surface area contributed by atoms with Crippen LogP contribution in [0.1, 0.15) is 26.3 Å². The number of sulfonamides is 1. The fourth-order valence-electron chi connectivity index (χ4n) is 3.35. The van der Waals surface area contributed by atoms with Gasteiger partial charge in [0.2, 0.25) is 0 Å². The summed E-state index contributed by atoms with van der Waals surface area (Å²) in [5.41, 5.74) is 0.828. The molecule has 0 aliphatic rings. The Bertz CT molecular complexity index is 1580. The fraction of sp³-hybridized carbons (Fsp3) is 0. The number of rotatable bonds is 7. The molecular weight excluding hydrogens is 526 g/mol. The molecule has 0 atom stereocenters. The minimum Gasteiger partial charge on any atom is -0.321 e. The van der Waals surface area contributed by atoms with Gasteiger partial charge in [0.05, 0.1) is 15.6 Å². The lowest BCUT2D eigenvalue weighted by Gasteiger charge is -2.13. The Balaban J connectivity index is 1.59. The lowest BCUT2D eigenvalue weighted by molar-refractivity contribution is 0.102. The highest BCUT2D eigenvalue weighted by Gasteiger charge is 2.20. The number of hydrogen-bond donors (Lipinski definition) is 2. The summed E-state index contributed by atoms with van der Waals surface area (Å²) in [6, 6.07) is 21.0. The van der Waals surface area contributed by atoms with Crippen molar-refractivity contribution in [1.82, 2.24) is 0 Å². The van der Waals surface area contributed by atoms with Gasteiger partial charge in [-0.3, -0.25) is 14.3 Å². The number of carbonyl (C=O) groups is 2.